The first-order chi connectivity index (χ1) is 11.9. The van der Waals surface area contributed by atoms with Gasteiger partial charge in [0.1, 0.15) is 0 Å². The molecule has 0 aromatic heterocycles. The predicted octanol–water partition coefficient (Wildman–Crippen LogP) is 3.66. The number of hydrogen-bond donors (Lipinski definition) is 3. The molecule has 0 saturated heterocycles. The first-order valence-electron chi connectivity index (χ1n) is 8.49. The Kier molecular flexibility index (Phi) is 12.6. The second kappa shape index (κ2) is 13.2. The van der Waals surface area contributed by atoms with Gasteiger partial charge in [-0.1, -0.05) is 11.6 Å². The van der Waals surface area contributed by atoms with Crippen LogP contribution in [0.5, 0.6) is 0 Å². The fourth-order valence-electron chi connectivity index (χ4n) is 1.89. The number of rotatable bonds is 9. The highest BCUT2D eigenvalue weighted by Gasteiger charge is 2.15. The Morgan fingerprint density at radius 1 is 1.23 bits per heavy atom. The molecule has 3 N–H and O–H groups in total. The van der Waals surface area contributed by atoms with Crippen molar-refractivity contribution in [1.82, 2.24) is 10.6 Å². The van der Waals surface area contributed by atoms with E-state index < -0.39 is 0 Å². The lowest BCUT2D eigenvalue weighted by molar-refractivity contribution is -0.116. The number of aliphatic imine (C=N–C) groups is 1. The number of halogens is 2. The Bertz CT molecular complexity index is 565. The van der Waals surface area contributed by atoms with Crippen LogP contribution in [0.4, 0.5) is 5.69 Å². The largest absolute Gasteiger partial charge is 0.377 e. The summed E-state index contributed by atoms with van der Waals surface area (Å²) in [5.41, 5.74) is 0.444. The van der Waals surface area contributed by atoms with Crippen molar-refractivity contribution in [1.29, 1.82) is 0 Å². The van der Waals surface area contributed by atoms with E-state index in [0.717, 1.165) is 18.2 Å². The van der Waals surface area contributed by atoms with Crippen molar-refractivity contribution in [2.75, 3.05) is 32.1 Å². The maximum atomic E-state index is 11.9. The number of amides is 1. The highest BCUT2D eigenvalue weighted by Crippen LogP contribution is 2.13. The van der Waals surface area contributed by atoms with Gasteiger partial charge in [0, 0.05) is 37.3 Å². The number of carbonyl (C=O) groups is 1. The van der Waals surface area contributed by atoms with E-state index in [1.165, 1.54) is 0 Å². The predicted molar refractivity (Wildman–Crippen MR) is 120 cm³/mol. The van der Waals surface area contributed by atoms with Crippen LogP contribution in [-0.4, -0.2) is 44.2 Å². The molecule has 1 aromatic carbocycles. The van der Waals surface area contributed by atoms with E-state index in [-0.39, 0.29) is 35.5 Å². The van der Waals surface area contributed by atoms with Gasteiger partial charge < -0.3 is 20.7 Å². The first-order valence-corrected chi connectivity index (χ1v) is 8.87. The quantitative estimate of drug-likeness (QED) is 0.211. The Morgan fingerprint density at radius 3 is 2.46 bits per heavy atom. The fourth-order valence-corrected chi connectivity index (χ4v) is 2.01. The zero-order valence-electron chi connectivity index (χ0n) is 15.9. The number of guanidine groups is 1. The molecular weight excluding hydrogens is 467 g/mol. The van der Waals surface area contributed by atoms with Crippen molar-refractivity contribution >= 4 is 53.1 Å². The summed E-state index contributed by atoms with van der Waals surface area (Å²) in [6.45, 7) is 7.97. The molecule has 0 fully saturated rings. The summed E-state index contributed by atoms with van der Waals surface area (Å²) in [4.78, 5) is 16.4. The van der Waals surface area contributed by atoms with Gasteiger partial charge in [0.2, 0.25) is 5.91 Å². The third-order valence-corrected chi connectivity index (χ3v) is 3.77. The van der Waals surface area contributed by atoms with Gasteiger partial charge in [-0.15, -0.1) is 24.0 Å². The van der Waals surface area contributed by atoms with Crippen LogP contribution in [-0.2, 0) is 9.53 Å². The average Bonchev–Trinajstić information content (AvgIpc) is 2.58. The monoisotopic (exact) mass is 496 g/mol. The molecule has 0 heterocycles. The van der Waals surface area contributed by atoms with Gasteiger partial charge >= 0.3 is 0 Å². The summed E-state index contributed by atoms with van der Waals surface area (Å²) in [5, 5.41) is 9.91. The number of benzene rings is 1. The molecule has 0 aliphatic rings. The lowest BCUT2D eigenvalue weighted by Crippen LogP contribution is -2.39. The highest BCUT2D eigenvalue weighted by atomic mass is 127. The SMILES string of the molecule is CCNC(=NCC(C)(C)OC)NCCCC(=O)Nc1ccc(Cl)cc1.I. The molecule has 0 spiro atoms. The smallest absolute Gasteiger partial charge is 0.224 e. The lowest BCUT2D eigenvalue weighted by atomic mass is 10.1. The fraction of sp³-hybridized carbons (Fsp3) is 0.556. The third kappa shape index (κ3) is 10.8. The minimum absolute atomic E-state index is 0. The molecule has 0 radical (unpaired) electrons. The second-order valence-electron chi connectivity index (χ2n) is 6.24. The molecular formula is C18H30ClIN4O2. The van der Waals surface area contributed by atoms with Gasteiger partial charge in [-0.2, -0.15) is 0 Å². The summed E-state index contributed by atoms with van der Waals surface area (Å²) in [7, 11) is 1.68. The van der Waals surface area contributed by atoms with E-state index in [2.05, 4.69) is 20.9 Å². The summed E-state index contributed by atoms with van der Waals surface area (Å²) in [6.07, 6.45) is 1.14. The molecule has 0 aliphatic carbocycles. The Hall–Kier alpha value is -1.06. The molecule has 6 nitrogen and oxygen atoms in total. The number of nitrogens with one attached hydrogen (secondary N) is 3. The van der Waals surface area contributed by atoms with E-state index in [0.29, 0.717) is 31.0 Å². The number of nitrogens with zero attached hydrogens (tertiary/aromatic N) is 1. The molecule has 1 rings (SSSR count). The number of anilines is 1. The maximum absolute atomic E-state index is 11.9. The Labute approximate surface area is 178 Å². The minimum Gasteiger partial charge on any atom is -0.377 e. The van der Waals surface area contributed by atoms with Crippen LogP contribution < -0.4 is 16.0 Å². The summed E-state index contributed by atoms with van der Waals surface area (Å²) in [5.74, 6) is 0.706. The zero-order valence-corrected chi connectivity index (χ0v) is 19.0. The molecule has 26 heavy (non-hydrogen) atoms. The van der Waals surface area contributed by atoms with Crippen molar-refractivity contribution < 1.29 is 9.53 Å². The molecule has 0 atom stereocenters. The van der Waals surface area contributed by atoms with Gasteiger partial charge in [-0.05, 0) is 51.5 Å². The highest BCUT2D eigenvalue weighted by molar-refractivity contribution is 14.0. The third-order valence-electron chi connectivity index (χ3n) is 3.52. The molecule has 1 aromatic rings. The van der Waals surface area contributed by atoms with E-state index in [9.17, 15) is 4.79 Å². The molecule has 0 saturated carbocycles. The lowest BCUT2D eigenvalue weighted by Gasteiger charge is -2.21. The van der Waals surface area contributed by atoms with Crippen LogP contribution in [0.25, 0.3) is 0 Å². The summed E-state index contributed by atoms with van der Waals surface area (Å²) < 4.78 is 5.36. The average molecular weight is 497 g/mol. The van der Waals surface area contributed by atoms with Crippen molar-refractivity contribution in [3.8, 4) is 0 Å². The van der Waals surface area contributed by atoms with Crippen LogP contribution in [0.15, 0.2) is 29.3 Å². The minimum atomic E-state index is -0.305. The molecule has 1 amide bonds. The number of carbonyl (C=O) groups excluding carboxylic acids is 1. The van der Waals surface area contributed by atoms with Crippen LogP contribution >= 0.6 is 35.6 Å². The molecule has 8 heteroatoms. The zero-order chi connectivity index (χ0) is 18.7. The second-order valence-corrected chi connectivity index (χ2v) is 6.68. The van der Waals surface area contributed by atoms with Crippen molar-refractivity contribution in [3.63, 3.8) is 0 Å². The standard InChI is InChI=1S/C18H29ClN4O2.HI/c1-5-20-17(22-13-18(2,3)25-4)21-12-6-7-16(24)23-15-10-8-14(19)9-11-15;/h8-11H,5-7,12-13H2,1-4H3,(H,23,24)(H2,20,21,22);1H. The number of methoxy groups -OCH3 is 1. The summed E-state index contributed by atoms with van der Waals surface area (Å²) >= 11 is 5.82. The van der Waals surface area contributed by atoms with E-state index in [1.54, 1.807) is 31.4 Å². The number of hydrogen-bond acceptors (Lipinski definition) is 3. The maximum Gasteiger partial charge on any atom is 0.224 e. The number of ether oxygens (including phenoxy) is 1. The van der Waals surface area contributed by atoms with E-state index in [4.69, 9.17) is 16.3 Å². The Balaban J connectivity index is 0.00000625. The van der Waals surface area contributed by atoms with Gasteiger partial charge in [-0.25, -0.2) is 0 Å². The van der Waals surface area contributed by atoms with Crippen LogP contribution in [0.2, 0.25) is 5.02 Å². The van der Waals surface area contributed by atoms with Gasteiger partial charge in [0.05, 0.1) is 12.1 Å². The van der Waals surface area contributed by atoms with Crippen molar-refractivity contribution in [2.45, 2.75) is 39.2 Å². The van der Waals surface area contributed by atoms with Gasteiger partial charge in [-0.3, -0.25) is 9.79 Å². The van der Waals surface area contributed by atoms with Crippen LogP contribution in [0, 0.1) is 0 Å². The normalized spacial score (nSPS) is 11.5. The van der Waals surface area contributed by atoms with E-state index >= 15 is 0 Å². The van der Waals surface area contributed by atoms with Gasteiger partial charge in [0.15, 0.2) is 5.96 Å². The van der Waals surface area contributed by atoms with Crippen LogP contribution in [0.1, 0.15) is 33.6 Å². The molecule has 0 bridgehead atoms. The molecule has 0 aliphatic heterocycles. The van der Waals surface area contributed by atoms with Crippen LogP contribution in [0.3, 0.4) is 0 Å². The van der Waals surface area contributed by atoms with Crippen molar-refractivity contribution in [2.24, 2.45) is 4.99 Å². The molecule has 148 valence electrons. The van der Waals surface area contributed by atoms with Gasteiger partial charge in [0.25, 0.3) is 0 Å². The molecule has 0 unspecified atom stereocenters. The Morgan fingerprint density at radius 2 is 1.88 bits per heavy atom. The topological polar surface area (TPSA) is 74.8 Å². The van der Waals surface area contributed by atoms with Crippen molar-refractivity contribution in [3.05, 3.63) is 29.3 Å². The first kappa shape index (κ1) is 24.9. The van der Waals surface area contributed by atoms with E-state index in [1.807, 2.05) is 20.8 Å². The summed E-state index contributed by atoms with van der Waals surface area (Å²) in [6, 6.07) is 7.07.